The monoisotopic (exact) mass is 625 g/mol. The first-order valence-corrected chi connectivity index (χ1v) is 15.8. The number of carbonyl (C=O) groups excluding carboxylic acids is 1. The molecule has 14 nitrogen and oxygen atoms in total. The molecule has 0 bridgehead atoms. The van der Waals surface area contributed by atoms with Crippen LogP contribution in [0.5, 0.6) is 0 Å². The highest BCUT2D eigenvalue weighted by atomic mass is 16.7. The van der Waals surface area contributed by atoms with Crippen molar-refractivity contribution in [3.63, 3.8) is 0 Å². The molecule has 9 N–H and O–H groups in total. The lowest BCUT2D eigenvalue weighted by Crippen LogP contribution is -2.65. The highest BCUT2D eigenvalue weighted by Gasteiger charge is 2.50. The molecule has 0 radical (unpaired) electrons. The van der Waals surface area contributed by atoms with E-state index in [0.29, 0.717) is 12.8 Å². The van der Waals surface area contributed by atoms with Gasteiger partial charge in [-0.05, 0) is 12.8 Å². The lowest BCUT2D eigenvalue weighted by atomic mass is 9.97. The number of nitrogens with one attached hydrogen (secondary N) is 1. The van der Waals surface area contributed by atoms with Gasteiger partial charge in [0.25, 0.3) is 0 Å². The van der Waals surface area contributed by atoms with Crippen LogP contribution in [0.15, 0.2) is 0 Å². The molecule has 2 heterocycles. The minimum atomic E-state index is -1.77. The van der Waals surface area contributed by atoms with Crippen LogP contribution in [0.3, 0.4) is 0 Å². The second-order valence-electron chi connectivity index (χ2n) is 11.6. The third-order valence-corrected chi connectivity index (χ3v) is 8.07. The van der Waals surface area contributed by atoms with Crippen LogP contribution in [0, 0.1) is 0 Å². The van der Waals surface area contributed by atoms with Crippen LogP contribution in [-0.4, -0.2) is 140 Å². The van der Waals surface area contributed by atoms with Crippen molar-refractivity contribution in [1.82, 2.24) is 5.32 Å². The lowest BCUT2D eigenvalue weighted by Gasteiger charge is -2.46. The number of carbonyl (C=O) groups is 1. The summed E-state index contributed by atoms with van der Waals surface area (Å²) >= 11 is 0. The Hall–Kier alpha value is -1.01. The van der Waals surface area contributed by atoms with Gasteiger partial charge >= 0.3 is 0 Å². The molecular weight excluding hydrogens is 570 g/mol. The summed E-state index contributed by atoms with van der Waals surface area (Å²) in [4.78, 5) is 12.7. The minimum absolute atomic E-state index is 0.232. The highest BCUT2D eigenvalue weighted by Crippen LogP contribution is 2.29. The lowest BCUT2D eigenvalue weighted by molar-refractivity contribution is -0.359. The average Bonchev–Trinajstić information content (AvgIpc) is 3.00. The van der Waals surface area contributed by atoms with E-state index in [-0.39, 0.29) is 12.5 Å². The van der Waals surface area contributed by atoms with Crippen molar-refractivity contribution < 1.29 is 64.6 Å². The molecule has 2 aliphatic rings. The summed E-state index contributed by atoms with van der Waals surface area (Å²) in [6.45, 7) is 2.54. The number of hydrogen-bond donors (Lipinski definition) is 9. The molecule has 2 saturated heterocycles. The van der Waals surface area contributed by atoms with E-state index in [2.05, 4.69) is 19.2 Å². The average molecular weight is 626 g/mol. The second-order valence-corrected chi connectivity index (χ2v) is 11.6. The number of unbranched alkanes of at least 4 members (excludes halogenated alkanes) is 7. The van der Waals surface area contributed by atoms with Crippen LogP contribution < -0.4 is 5.32 Å². The Morgan fingerprint density at radius 1 is 0.744 bits per heavy atom. The third-order valence-electron chi connectivity index (χ3n) is 8.07. The standard InChI is InChI=1S/C29H55NO13/c1-3-5-7-9-11-13-21(34)30-17(18(33)12-10-8-6-4-2)16-40-28-26(39)24(37)27(20(15-32)42-28)43-29-25(38)23(36)22(35)19(14-31)41-29/h17-20,22-29,31-33,35-39H,3-16H2,1-2H3,(H,30,34). The van der Waals surface area contributed by atoms with Crippen LogP contribution >= 0.6 is 0 Å². The number of rotatable bonds is 20. The molecular formula is C29H55NO13. The fraction of sp³-hybridized carbons (Fsp3) is 0.966. The quantitative estimate of drug-likeness (QED) is 0.0726. The molecule has 0 spiro atoms. The smallest absolute Gasteiger partial charge is 0.220 e. The first-order chi connectivity index (χ1) is 20.6. The molecule has 14 heteroatoms. The molecule has 2 aliphatic heterocycles. The van der Waals surface area contributed by atoms with E-state index in [4.69, 9.17) is 18.9 Å². The third kappa shape index (κ3) is 11.7. The Morgan fingerprint density at radius 2 is 1.33 bits per heavy atom. The molecule has 254 valence electrons. The zero-order chi connectivity index (χ0) is 31.9. The molecule has 12 unspecified atom stereocenters. The topological polar surface area (TPSA) is 228 Å². The minimum Gasteiger partial charge on any atom is -0.394 e. The first kappa shape index (κ1) is 38.2. The Kier molecular flexibility index (Phi) is 17.9. The second kappa shape index (κ2) is 20.2. The number of hydrogen-bond acceptors (Lipinski definition) is 13. The van der Waals surface area contributed by atoms with Gasteiger partial charge in [-0.3, -0.25) is 4.79 Å². The maximum atomic E-state index is 12.7. The van der Waals surface area contributed by atoms with E-state index >= 15 is 0 Å². The van der Waals surface area contributed by atoms with Crippen LogP contribution in [-0.2, 0) is 23.7 Å². The zero-order valence-corrected chi connectivity index (χ0v) is 25.4. The van der Waals surface area contributed by atoms with Crippen molar-refractivity contribution in [2.75, 3.05) is 19.8 Å². The summed E-state index contributed by atoms with van der Waals surface area (Å²) < 4.78 is 22.3. The summed E-state index contributed by atoms with van der Waals surface area (Å²) in [7, 11) is 0. The largest absolute Gasteiger partial charge is 0.394 e. The van der Waals surface area contributed by atoms with E-state index in [9.17, 15) is 45.6 Å². The van der Waals surface area contributed by atoms with Crippen LogP contribution in [0.2, 0.25) is 0 Å². The summed E-state index contributed by atoms with van der Waals surface area (Å²) in [5, 5.41) is 85.0. The van der Waals surface area contributed by atoms with Gasteiger partial charge in [-0.15, -0.1) is 0 Å². The van der Waals surface area contributed by atoms with Crippen LogP contribution in [0.4, 0.5) is 0 Å². The van der Waals surface area contributed by atoms with Crippen molar-refractivity contribution in [3.05, 3.63) is 0 Å². The number of aliphatic hydroxyl groups is 8. The summed E-state index contributed by atoms with van der Waals surface area (Å²) in [6.07, 6.45) is -7.27. The SMILES string of the molecule is CCCCCCCC(=O)NC(COC1OC(CO)C(OC2OC(CO)C(O)C(O)C2O)C(O)C1O)C(O)CCCCCC. The first-order valence-electron chi connectivity index (χ1n) is 15.8. The van der Waals surface area contributed by atoms with Crippen LogP contribution in [0.25, 0.3) is 0 Å². The van der Waals surface area contributed by atoms with Gasteiger partial charge in [0.2, 0.25) is 5.91 Å². The van der Waals surface area contributed by atoms with Gasteiger partial charge in [0.05, 0.1) is 32.0 Å². The van der Waals surface area contributed by atoms with Crippen molar-refractivity contribution in [2.24, 2.45) is 0 Å². The van der Waals surface area contributed by atoms with Crippen molar-refractivity contribution >= 4 is 5.91 Å². The molecule has 1 amide bonds. The van der Waals surface area contributed by atoms with Crippen molar-refractivity contribution in [3.8, 4) is 0 Å². The number of amides is 1. The predicted octanol–water partition coefficient (Wildman–Crippen LogP) is -1.20. The molecule has 2 rings (SSSR count). The fourth-order valence-corrected chi connectivity index (χ4v) is 5.29. The van der Waals surface area contributed by atoms with Crippen molar-refractivity contribution in [2.45, 2.75) is 158 Å². The Labute approximate surface area is 253 Å². The van der Waals surface area contributed by atoms with E-state index in [0.717, 1.165) is 57.8 Å². The molecule has 12 atom stereocenters. The normalized spacial score (nSPS) is 34.6. The molecule has 0 aromatic carbocycles. The van der Waals surface area contributed by atoms with Gasteiger partial charge in [-0.2, -0.15) is 0 Å². The Morgan fingerprint density at radius 3 is 1.95 bits per heavy atom. The maximum Gasteiger partial charge on any atom is 0.220 e. The van der Waals surface area contributed by atoms with Gasteiger partial charge in [0.15, 0.2) is 12.6 Å². The molecule has 2 fully saturated rings. The Bertz CT molecular complexity index is 760. The summed E-state index contributed by atoms with van der Waals surface area (Å²) in [5.74, 6) is -0.232. The van der Waals surface area contributed by atoms with E-state index in [1.807, 2.05) is 0 Å². The van der Waals surface area contributed by atoms with Crippen LogP contribution in [0.1, 0.15) is 84.5 Å². The maximum absolute atomic E-state index is 12.7. The molecule has 0 saturated carbocycles. The van der Waals surface area contributed by atoms with E-state index < -0.39 is 86.8 Å². The number of ether oxygens (including phenoxy) is 4. The van der Waals surface area contributed by atoms with Crippen molar-refractivity contribution in [1.29, 1.82) is 0 Å². The number of aliphatic hydroxyl groups excluding tert-OH is 8. The zero-order valence-electron chi connectivity index (χ0n) is 25.4. The van der Waals surface area contributed by atoms with Gasteiger partial charge in [-0.1, -0.05) is 65.2 Å². The molecule has 0 aromatic heterocycles. The van der Waals surface area contributed by atoms with Gasteiger partial charge < -0.3 is 65.1 Å². The van der Waals surface area contributed by atoms with Gasteiger partial charge in [-0.25, -0.2) is 0 Å². The van der Waals surface area contributed by atoms with Gasteiger partial charge in [0.1, 0.15) is 48.8 Å². The molecule has 43 heavy (non-hydrogen) atoms. The summed E-state index contributed by atoms with van der Waals surface area (Å²) in [5.41, 5.74) is 0. The predicted molar refractivity (Wildman–Crippen MR) is 152 cm³/mol. The molecule has 0 aromatic rings. The molecule has 0 aliphatic carbocycles. The highest BCUT2D eigenvalue weighted by molar-refractivity contribution is 5.76. The van der Waals surface area contributed by atoms with Gasteiger partial charge in [0, 0.05) is 6.42 Å². The van der Waals surface area contributed by atoms with E-state index in [1.54, 1.807) is 0 Å². The summed E-state index contributed by atoms with van der Waals surface area (Å²) in [6, 6.07) is -0.812. The van der Waals surface area contributed by atoms with E-state index in [1.165, 1.54) is 0 Å². The Balaban J connectivity index is 2.02. The fourth-order valence-electron chi connectivity index (χ4n) is 5.29.